The molecule has 0 saturated heterocycles. The lowest BCUT2D eigenvalue weighted by Gasteiger charge is -2.14. The van der Waals surface area contributed by atoms with Gasteiger partial charge in [0.2, 0.25) is 0 Å². The molecule has 0 aromatic carbocycles. The molecule has 2 heteroatoms. The summed E-state index contributed by atoms with van der Waals surface area (Å²) >= 11 is 2.06. The minimum absolute atomic E-state index is 0.600. The third-order valence-electron chi connectivity index (χ3n) is 2.39. The molecule has 1 aromatic rings. The first-order valence-electron chi connectivity index (χ1n) is 5.91. The molecule has 1 unspecified atom stereocenters. The molecule has 84 valence electrons. The van der Waals surface area contributed by atoms with E-state index >= 15 is 0 Å². The number of aromatic nitrogens is 1. The van der Waals surface area contributed by atoms with Gasteiger partial charge in [-0.1, -0.05) is 32.8 Å². The van der Waals surface area contributed by atoms with Crippen LogP contribution in [-0.2, 0) is 0 Å². The summed E-state index contributed by atoms with van der Waals surface area (Å²) in [6, 6.07) is 6.23. The first kappa shape index (κ1) is 12.6. The minimum atomic E-state index is 0.600. The van der Waals surface area contributed by atoms with Crippen molar-refractivity contribution < 1.29 is 0 Å². The molecular weight excluding hydrogens is 202 g/mol. The van der Waals surface area contributed by atoms with Crippen LogP contribution in [0.5, 0.6) is 0 Å². The molecule has 0 radical (unpaired) electrons. The molecule has 1 nitrogen and oxygen atoms in total. The molecule has 0 spiro atoms. The Labute approximate surface area is 97.7 Å². The fourth-order valence-electron chi connectivity index (χ4n) is 1.52. The zero-order chi connectivity index (χ0) is 10.9. The molecule has 0 saturated carbocycles. The van der Waals surface area contributed by atoms with E-state index in [2.05, 4.69) is 42.7 Å². The SMILES string of the molecule is CCCCSC(CCC)c1ccccn1. The second kappa shape index (κ2) is 7.75. The van der Waals surface area contributed by atoms with Gasteiger partial charge in [0.05, 0.1) is 5.69 Å². The summed E-state index contributed by atoms with van der Waals surface area (Å²) in [4.78, 5) is 4.46. The van der Waals surface area contributed by atoms with Crippen LogP contribution in [0.2, 0.25) is 0 Å². The molecular formula is C13H21NS. The summed E-state index contributed by atoms with van der Waals surface area (Å²) in [6.45, 7) is 4.49. The molecule has 0 N–H and O–H groups in total. The van der Waals surface area contributed by atoms with Crippen molar-refractivity contribution in [2.24, 2.45) is 0 Å². The third kappa shape index (κ3) is 4.70. The zero-order valence-corrected chi connectivity index (χ0v) is 10.6. The maximum atomic E-state index is 4.46. The number of pyridine rings is 1. The van der Waals surface area contributed by atoms with E-state index in [-0.39, 0.29) is 0 Å². The molecule has 1 aromatic heterocycles. The van der Waals surface area contributed by atoms with Crippen molar-refractivity contribution in [1.29, 1.82) is 0 Å². The summed E-state index contributed by atoms with van der Waals surface area (Å²) in [5, 5.41) is 0.600. The number of rotatable bonds is 7. The lowest BCUT2D eigenvalue weighted by atomic mass is 10.2. The number of hydrogen-bond acceptors (Lipinski definition) is 2. The first-order valence-corrected chi connectivity index (χ1v) is 6.95. The normalized spacial score (nSPS) is 12.7. The molecule has 1 rings (SSSR count). The number of thioether (sulfide) groups is 1. The van der Waals surface area contributed by atoms with Gasteiger partial charge in [-0.25, -0.2) is 0 Å². The average Bonchev–Trinajstić information content (AvgIpc) is 2.29. The molecule has 0 bridgehead atoms. The van der Waals surface area contributed by atoms with Gasteiger partial charge in [0.15, 0.2) is 0 Å². The minimum Gasteiger partial charge on any atom is -0.260 e. The number of nitrogens with zero attached hydrogens (tertiary/aromatic N) is 1. The summed E-state index contributed by atoms with van der Waals surface area (Å²) in [5.74, 6) is 1.26. The van der Waals surface area contributed by atoms with Crippen molar-refractivity contribution in [2.75, 3.05) is 5.75 Å². The Morgan fingerprint density at radius 1 is 1.27 bits per heavy atom. The fourth-order valence-corrected chi connectivity index (χ4v) is 2.97. The first-order chi connectivity index (χ1) is 7.38. The van der Waals surface area contributed by atoms with Crippen molar-refractivity contribution in [3.63, 3.8) is 0 Å². The molecule has 0 aliphatic carbocycles. The van der Waals surface area contributed by atoms with Gasteiger partial charge in [-0.2, -0.15) is 11.8 Å². The Kier molecular flexibility index (Phi) is 6.49. The highest BCUT2D eigenvalue weighted by atomic mass is 32.2. The zero-order valence-electron chi connectivity index (χ0n) is 9.78. The van der Waals surface area contributed by atoms with Crippen molar-refractivity contribution >= 4 is 11.8 Å². The number of unbranched alkanes of at least 4 members (excludes halogenated alkanes) is 1. The molecule has 1 atom stereocenters. The van der Waals surface area contributed by atoms with Crippen LogP contribution in [-0.4, -0.2) is 10.7 Å². The molecule has 0 amide bonds. The Balaban J connectivity index is 2.50. The van der Waals surface area contributed by atoms with Crippen LogP contribution in [0.1, 0.15) is 50.5 Å². The smallest absolute Gasteiger partial charge is 0.0533 e. The quantitative estimate of drug-likeness (QED) is 0.633. The second-order valence-electron chi connectivity index (χ2n) is 3.76. The largest absolute Gasteiger partial charge is 0.260 e. The van der Waals surface area contributed by atoms with Gasteiger partial charge in [-0.15, -0.1) is 0 Å². The third-order valence-corrected chi connectivity index (χ3v) is 3.79. The Bertz CT molecular complexity index is 248. The molecule has 15 heavy (non-hydrogen) atoms. The van der Waals surface area contributed by atoms with Crippen LogP contribution in [0, 0.1) is 0 Å². The highest BCUT2D eigenvalue weighted by molar-refractivity contribution is 7.99. The Morgan fingerprint density at radius 3 is 2.73 bits per heavy atom. The van der Waals surface area contributed by atoms with Gasteiger partial charge in [0.25, 0.3) is 0 Å². The lowest BCUT2D eigenvalue weighted by molar-refractivity contribution is 0.757. The number of hydrogen-bond donors (Lipinski definition) is 0. The van der Waals surface area contributed by atoms with Crippen LogP contribution >= 0.6 is 11.8 Å². The molecule has 0 aliphatic rings. The molecule has 0 aliphatic heterocycles. The predicted molar refractivity (Wildman–Crippen MR) is 69.3 cm³/mol. The van der Waals surface area contributed by atoms with Crippen LogP contribution in [0.3, 0.4) is 0 Å². The lowest BCUT2D eigenvalue weighted by Crippen LogP contribution is -1.97. The molecule has 1 heterocycles. The average molecular weight is 223 g/mol. The van der Waals surface area contributed by atoms with Crippen LogP contribution in [0.15, 0.2) is 24.4 Å². The Hall–Kier alpha value is -0.500. The van der Waals surface area contributed by atoms with Gasteiger partial charge >= 0.3 is 0 Å². The van der Waals surface area contributed by atoms with Crippen LogP contribution < -0.4 is 0 Å². The summed E-state index contributed by atoms with van der Waals surface area (Å²) in [5.41, 5.74) is 1.25. The molecule has 0 fully saturated rings. The predicted octanol–water partition coefficient (Wildman–Crippen LogP) is 4.46. The summed E-state index contributed by atoms with van der Waals surface area (Å²) in [7, 11) is 0. The van der Waals surface area contributed by atoms with Crippen molar-refractivity contribution in [3.8, 4) is 0 Å². The van der Waals surface area contributed by atoms with Crippen molar-refractivity contribution in [1.82, 2.24) is 4.98 Å². The van der Waals surface area contributed by atoms with Crippen LogP contribution in [0.25, 0.3) is 0 Å². The van der Waals surface area contributed by atoms with E-state index in [9.17, 15) is 0 Å². The topological polar surface area (TPSA) is 12.9 Å². The van der Waals surface area contributed by atoms with Gasteiger partial charge in [-0.3, -0.25) is 4.98 Å². The van der Waals surface area contributed by atoms with E-state index in [1.54, 1.807) is 0 Å². The fraction of sp³-hybridized carbons (Fsp3) is 0.615. The van der Waals surface area contributed by atoms with E-state index in [4.69, 9.17) is 0 Å². The van der Waals surface area contributed by atoms with E-state index in [1.807, 2.05) is 12.3 Å². The van der Waals surface area contributed by atoms with Gasteiger partial charge in [-0.05, 0) is 30.7 Å². The summed E-state index contributed by atoms with van der Waals surface area (Å²) < 4.78 is 0. The standard InChI is InChI=1S/C13H21NS/c1-3-5-11-15-13(8-4-2)12-9-6-7-10-14-12/h6-7,9-10,13H,3-5,8,11H2,1-2H3. The van der Waals surface area contributed by atoms with E-state index in [0.29, 0.717) is 5.25 Å². The van der Waals surface area contributed by atoms with Crippen LogP contribution in [0.4, 0.5) is 0 Å². The van der Waals surface area contributed by atoms with Gasteiger partial charge < -0.3 is 0 Å². The second-order valence-corrected chi connectivity index (χ2v) is 5.07. The Morgan fingerprint density at radius 2 is 2.13 bits per heavy atom. The van der Waals surface area contributed by atoms with E-state index in [0.717, 1.165) is 0 Å². The monoisotopic (exact) mass is 223 g/mol. The maximum absolute atomic E-state index is 4.46. The highest BCUT2D eigenvalue weighted by Crippen LogP contribution is 2.32. The summed E-state index contributed by atoms with van der Waals surface area (Å²) in [6.07, 6.45) is 6.98. The van der Waals surface area contributed by atoms with Crippen molar-refractivity contribution in [2.45, 2.75) is 44.8 Å². The van der Waals surface area contributed by atoms with E-state index in [1.165, 1.54) is 37.1 Å². The highest BCUT2D eigenvalue weighted by Gasteiger charge is 2.11. The maximum Gasteiger partial charge on any atom is 0.0533 e. The van der Waals surface area contributed by atoms with Gasteiger partial charge in [0.1, 0.15) is 0 Å². The van der Waals surface area contributed by atoms with Crippen molar-refractivity contribution in [3.05, 3.63) is 30.1 Å². The van der Waals surface area contributed by atoms with E-state index < -0.39 is 0 Å². The van der Waals surface area contributed by atoms with Gasteiger partial charge in [0, 0.05) is 11.4 Å².